The molecular formula is C8H16N4O5S. The van der Waals surface area contributed by atoms with E-state index in [0.717, 1.165) is 4.31 Å². The first-order valence-electron chi connectivity index (χ1n) is 5.35. The predicted octanol–water partition coefficient (Wildman–Crippen LogP) is -2.26. The first kappa shape index (κ1) is 14.7. The molecule has 0 aromatic heterocycles. The van der Waals surface area contributed by atoms with Crippen LogP contribution in [0.4, 0.5) is 4.79 Å². The Morgan fingerprint density at radius 3 is 2.78 bits per heavy atom. The number of hydrogen-bond donors (Lipinski definition) is 3. The van der Waals surface area contributed by atoms with E-state index in [-0.39, 0.29) is 19.7 Å². The number of nitrogens with two attached hydrogens (primary N) is 1. The molecule has 0 aliphatic carbocycles. The van der Waals surface area contributed by atoms with Gasteiger partial charge in [-0.25, -0.2) is 9.52 Å². The minimum Gasteiger partial charge on any atom is -0.449 e. The molecule has 0 aromatic rings. The maximum absolute atomic E-state index is 11.9. The zero-order chi connectivity index (χ0) is 13.8. The lowest BCUT2D eigenvalue weighted by atomic mass is 10.2. The van der Waals surface area contributed by atoms with Gasteiger partial charge in [-0.3, -0.25) is 4.79 Å². The highest BCUT2D eigenvalue weighted by molar-refractivity contribution is 7.87. The minimum absolute atomic E-state index is 0.0438. The van der Waals surface area contributed by atoms with Gasteiger partial charge in [-0.05, 0) is 6.92 Å². The molecule has 0 spiro atoms. The van der Waals surface area contributed by atoms with Crippen LogP contribution in [0, 0.1) is 0 Å². The van der Waals surface area contributed by atoms with Crippen LogP contribution in [0.25, 0.3) is 0 Å². The van der Waals surface area contributed by atoms with Crippen molar-refractivity contribution in [3.05, 3.63) is 0 Å². The van der Waals surface area contributed by atoms with Crippen LogP contribution in [0.1, 0.15) is 6.92 Å². The van der Waals surface area contributed by atoms with Gasteiger partial charge in [0.05, 0.1) is 6.61 Å². The fourth-order valence-corrected chi connectivity index (χ4v) is 2.77. The minimum atomic E-state index is -4.13. The van der Waals surface area contributed by atoms with Crippen LogP contribution >= 0.6 is 0 Å². The fraction of sp³-hybridized carbons (Fsp3) is 0.750. The molecule has 1 aliphatic heterocycles. The molecule has 0 saturated carbocycles. The molecule has 9 nitrogen and oxygen atoms in total. The number of amides is 2. The second-order valence-electron chi connectivity index (χ2n) is 3.56. The Morgan fingerprint density at radius 2 is 2.22 bits per heavy atom. The summed E-state index contributed by atoms with van der Waals surface area (Å²) in [4.78, 5) is 22.3. The third-order valence-corrected chi connectivity index (χ3v) is 3.80. The summed E-state index contributed by atoms with van der Waals surface area (Å²) in [5.41, 5.74) is 5.11. The van der Waals surface area contributed by atoms with Crippen molar-refractivity contribution in [3.8, 4) is 0 Å². The van der Waals surface area contributed by atoms with Crippen LogP contribution in [-0.2, 0) is 19.7 Å². The molecule has 1 aliphatic rings. The standard InChI is InChI=1S/C8H16N4O5S/c1-2-17-8(14)11-18(15,16)12-4-3-10-5-6(12)7(9)13/h6,10H,2-5H2,1H3,(H2,9,13)(H,11,14). The molecule has 1 heterocycles. The van der Waals surface area contributed by atoms with Gasteiger partial charge in [-0.2, -0.15) is 12.7 Å². The molecule has 0 radical (unpaired) electrons. The predicted molar refractivity (Wildman–Crippen MR) is 61.6 cm³/mol. The Kier molecular flexibility index (Phi) is 4.87. The molecule has 1 unspecified atom stereocenters. The third-order valence-electron chi connectivity index (χ3n) is 2.32. The number of carbonyl (C=O) groups is 2. The molecule has 1 atom stereocenters. The second-order valence-corrected chi connectivity index (χ2v) is 5.18. The molecule has 10 heteroatoms. The Bertz CT molecular complexity index is 423. The second kappa shape index (κ2) is 5.98. The Labute approximate surface area is 105 Å². The van der Waals surface area contributed by atoms with E-state index in [1.807, 2.05) is 0 Å². The van der Waals surface area contributed by atoms with Crippen molar-refractivity contribution in [2.45, 2.75) is 13.0 Å². The van der Waals surface area contributed by atoms with Crippen LogP contribution < -0.4 is 15.8 Å². The number of piperazine rings is 1. The lowest BCUT2D eigenvalue weighted by Gasteiger charge is -2.32. The molecule has 4 N–H and O–H groups in total. The molecule has 18 heavy (non-hydrogen) atoms. The summed E-state index contributed by atoms with van der Waals surface area (Å²) in [6.07, 6.45) is -1.08. The summed E-state index contributed by atoms with van der Waals surface area (Å²) in [7, 11) is -4.13. The zero-order valence-electron chi connectivity index (χ0n) is 9.88. The van der Waals surface area contributed by atoms with Crippen molar-refractivity contribution in [2.75, 3.05) is 26.2 Å². The van der Waals surface area contributed by atoms with E-state index >= 15 is 0 Å². The highest BCUT2D eigenvalue weighted by atomic mass is 32.2. The third kappa shape index (κ3) is 3.55. The van der Waals surface area contributed by atoms with Crippen molar-refractivity contribution in [1.29, 1.82) is 0 Å². The summed E-state index contributed by atoms with van der Waals surface area (Å²) in [6.45, 7) is 2.11. The van der Waals surface area contributed by atoms with E-state index in [2.05, 4.69) is 10.1 Å². The van der Waals surface area contributed by atoms with Crippen LogP contribution in [0.2, 0.25) is 0 Å². The first-order chi connectivity index (χ1) is 8.38. The van der Waals surface area contributed by atoms with E-state index in [4.69, 9.17) is 5.73 Å². The summed E-state index contributed by atoms with van der Waals surface area (Å²) in [6, 6.07) is -1.02. The number of hydrogen-bond acceptors (Lipinski definition) is 6. The Hall–Kier alpha value is -1.39. The number of ether oxygens (including phenoxy) is 1. The Morgan fingerprint density at radius 1 is 1.56 bits per heavy atom. The molecule has 104 valence electrons. The molecule has 0 aromatic carbocycles. The van der Waals surface area contributed by atoms with Crippen molar-refractivity contribution >= 4 is 22.2 Å². The number of nitrogens with one attached hydrogen (secondary N) is 2. The molecule has 1 saturated heterocycles. The van der Waals surface area contributed by atoms with Crippen LogP contribution in [0.3, 0.4) is 0 Å². The van der Waals surface area contributed by atoms with Gasteiger partial charge in [0.2, 0.25) is 5.91 Å². The van der Waals surface area contributed by atoms with Gasteiger partial charge in [-0.1, -0.05) is 0 Å². The van der Waals surface area contributed by atoms with Crippen molar-refractivity contribution in [1.82, 2.24) is 14.3 Å². The summed E-state index contributed by atoms with van der Waals surface area (Å²) in [5.74, 6) is -0.781. The van der Waals surface area contributed by atoms with Crippen molar-refractivity contribution < 1.29 is 22.7 Å². The van der Waals surface area contributed by atoms with Gasteiger partial charge < -0.3 is 15.8 Å². The molecule has 0 bridgehead atoms. The maximum atomic E-state index is 11.9. The average molecular weight is 280 g/mol. The zero-order valence-corrected chi connectivity index (χ0v) is 10.7. The molecular weight excluding hydrogens is 264 g/mol. The molecule has 2 amide bonds. The number of primary amides is 1. The van der Waals surface area contributed by atoms with Gasteiger partial charge in [0, 0.05) is 19.6 Å². The fourth-order valence-electron chi connectivity index (χ4n) is 1.54. The quantitative estimate of drug-likeness (QED) is 0.532. The van der Waals surface area contributed by atoms with E-state index in [1.165, 1.54) is 0 Å². The number of rotatable bonds is 4. The summed E-state index contributed by atoms with van der Waals surface area (Å²) >= 11 is 0. The van der Waals surface area contributed by atoms with Crippen LogP contribution in [-0.4, -0.2) is 57.0 Å². The Balaban J connectivity index is 2.81. The largest absolute Gasteiger partial charge is 0.449 e. The van der Waals surface area contributed by atoms with Gasteiger partial charge in [0.1, 0.15) is 6.04 Å². The summed E-state index contributed by atoms with van der Waals surface area (Å²) in [5, 5.41) is 2.85. The van der Waals surface area contributed by atoms with Gasteiger partial charge in [0.25, 0.3) is 0 Å². The molecule has 1 rings (SSSR count). The highest BCUT2D eigenvalue weighted by Crippen LogP contribution is 2.08. The van der Waals surface area contributed by atoms with Crippen LogP contribution in [0.15, 0.2) is 0 Å². The van der Waals surface area contributed by atoms with E-state index < -0.39 is 28.3 Å². The smallest absolute Gasteiger partial charge is 0.421 e. The van der Waals surface area contributed by atoms with Crippen LogP contribution in [0.5, 0.6) is 0 Å². The molecule has 1 fully saturated rings. The van der Waals surface area contributed by atoms with Gasteiger partial charge in [-0.15, -0.1) is 0 Å². The normalized spacial score (nSPS) is 21.3. The van der Waals surface area contributed by atoms with E-state index in [9.17, 15) is 18.0 Å². The van der Waals surface area contributed by atoms with E-state index in [0.29, 0.717) is 6.54 Å². The van der Waals surface area contributed by atoms with Crippen molar-refractivity contribution in [3.63, 3.8) is 0 Å². The monoisotopic (exact) mass is 280 g/mol. The topological polar surface area (TPSA) is 131 Å². The van der Waals surface area contributed by atoms with Gasteiger partial charge >= 0.3 is 16.3 Å². The van der Waals surface area contributed by atoms with Crippen molar-refractivity contribution in [2.24, 2.45) is 5.73 Å². The first-order valence-corrected chi connectivity index (χ1v) is 6.79. The van der Waals surface area contributed by atoms with E-state index in [1.54, 1.807) is 11.6 Å². The summed E-state index contributed by atoms with van der Waals surface area (Å²) < 4.78 is 30.8. The van der Waals surface area contributed by atoms with Gasteiger partial charge in [0.15, 0.2) is 0 Å². The SMILES string of the molecule is CCOC(=O)NS(=O)(=O)N1CCNCC1C(N)=O. The number of nitrogens with zero attached hydrogens (tertiary/aromatic N) is 1. The highest BCUT2D eigenvalue weighted by Gasteiger charge is 2.36. The number of carbonyl (C=O) groups excluding carboxylic acids is 2. The maximum Gasteiger partial charge on any atom is 0.421 e. The lowest BCUT2D eigenvalue weighted by Crippen LogP contribution is -2.61. The lowest BCUT2D eigenvalue weighted by molar-refractivity contribution is -0.122. The average Bonchev–Trinajstić information content (AvgIpc) is 2.28.